The average molecular weight is 418 g/mol. The predicted octanol–water partition coefficient (Wildman–Crippen LogP) is 2.11. The maximum Gasteiger partial charge on any atom is 0.191 e. The number of likely N-dealkylation sites (tertiary alicyclic amines) is 1. The average Bonchev–Trinajstić information content (AvgIpc) is 3.34. The molecule has 0 amide bonds. The number of methoxy groups -OCH3 is 1. The highest BCUT2D eigenvalue weighted by Gasteiger charge is 2.24. The number of ether oxygens (including phenoxy) is 2. The lowest BCUT2D eigenvalue weighted by atomic mass is 10.0. The number of rotatable bonds is 9. The molecule has 2 unspecified atom stereocenters. The third-order valence-corrected chi connectivity index (χ3v) is 6.31. The van der Waals surface area contributed by atoms with Crippen LogP contribution in [-0.4, -0.2) is 88.4 Å². The maximum absolute atomic E-state index is 5.57. The van der Waals surface area contributed by atoms with E-state index in [-0.39, 0.29) is 6.04 Å². The van der Waals surface area contributed by atoms with E-state index in [0.717, 1.165) is 57.5 Å². The summed E-state index contributed by atoms with van der Waals surface area (Å²) in [5, 5.41) is 7.13. The third kappa shape index (κ3) is 6.33. The summed E-state index contributed by atoms with van der Waals surface area (Å²) in [7, 11) is 3.56. The highest BCUT2D eigenvalue weighted by atomic mass is 16.5. The summed E-state index contributed by atoms with van der Waals surface area (Å²) >= 11 is 0. The van der Waals surface area contributed by atoms with Gasteiger partial charge in [0.1, 0.15) is 5.75 Å². The first-order chi connectivity index (χ1) is 14.7. The second-order valence-corrected chi connectivity index (χ2v) is 8.08. The zero-order valence-electron chi connectivity index (χ0n) is 18.9. The fourth-order valence-electron chi connectivity index (χ4n) is 4.44. The summed E-state index contributed by atoms with van der Waals surface area (Å²) in [5.74, 6) is 1.76. The number of hydrogen-bond donors (Lipinski definition) is 2. The summed E-state index contributed by atoms with van der Waals surface area (Å²) in [6, 6.07) is 9.24. The Morgan fingerprint density at radius 2 is 1.70 bits per heavy atom. The predicted molar refractivity (Wildman–Crippen MR) is 122 cm³/mol. The van der Waals surface area contributed by atoms with Gasteiger partial charge in [0.2, 0.25) is 0 Å². The molecule has 0 bridgehead atoms. The van der Waals surface area contributed by atoms with Gasteiger partial charge in [0.25, 0.3) is 0 Å². The maximum atomic E-state index is 5.57. The van der Waals surface area contributed by atoms with Crippen molar-refractivity contribution in [3.05, 3.63) is 29.8 Å². The number of aliphatic imine (C=N–C) groups is 1. The van der Waals surface area contributed by atoms with Crippen LogP contribution in [0.4, 0.5) is 0 Å². The Morgan fingerprint density at radius 1 is 1.03 bits per heavy atom. The van der Waals surface area contributed by atoms with Crippen molar-refractivity contribution in [2.75, 3.05) is 66.6 Å². The Bertz CT molecular complexity index is 639. The van der Waals surface area contributed by atoms with E-state index in [1.54, 1.807) is 7.11 Å². The van der Waals surface area contributed by atoms with Crippen LogP contribution in [0.15, 0.2) is 29.3 Å². The molecule has 2 aliphatic heterocycles. The van der Waals surface area contributed by atoms with Gasteiger partial charge < -0.3 is 20.1 Å². The molecule has 2 aliphatic rings. The van der Waals surface area contributed by atoms with E-state index >= 15 is 0 Å². The summed E-state index contributed by atoms with van der Waals surface area (Å²) in [4.78, 5) is 9.57. The number of benzene rings is 1. The zero-order chi connectivity index (χ0) is 21.2. The molecule has 0 spiro atoms. The van der Waals surface area contributed by atoms with Gasteiger partial charge in [0.05, 0.1) is 26.4 Å². The van der Waals surface area contributed by atoms with E-state index in [1.165, 1.54) is 31.5 Å². The van der Waals surface area contributed by atoms with E-state index in [1.807, 2.05) is 19.2 Å². The van der Waals surface area contributed by atoms with Crippen molar-refractivity contribution in [3.8, 4) is 5.75 Å². The summed E-state index contributed by atoms with van der Waals surface area (Å²) < 4.78 is 10.9. The molecule has 0 aromatic heterocycles. The molecule has 2 heterocycles. The lowest BCUT2D eigenvalue weighted by Gasteiger charge is -2.35. The molecule has 2 N–H and O–H groups in total. The van der Waals surface area contributed by atoms with Gasteiger partial charge in [-0.25, -0.2) is 0 Å². The lowest BCUT2D eigenvalue weighted by Crippen LogP contribution is -2.49. The van der Waals surface area contributed by atoms with Crippen LogP contribution in [0.25, 0.3) is 0 Å². The SMILES string of the molecule is CCC(CNC(=NC)NCC(c1ccc(OC)cc1)N1CCOCC1)N1CCCC1. The second-order valence-electron chi connectivity index (χ2n) is 8.08. The van der Waals surface area contributed by atoms with Crippen LogP contribution in [0.2, 0.25) is 0 Å². The van der Waals surface area contributed by atoms with E-state index in [0.29, 0.717) is 6.04 Å². The first-order valence-electron chi connectivity index (χ1n) is 11.4. The molecule has 1 aromatic carbocycles. The molecular weight excluding hydrogens is 378 g/mol. The summed E-state index contributed by atoms with van der Waals surface area (Å²) in [6.07, 6.45) is 3.81. The fraction of sp³-hybridized carbons (Fsp3) is 0.696. The number of hydrogen-bond acceptors (Lipinski definition) is 5. The van der Waals surface area contributed by atoms with Gasteiger partial charge >= 0.3 is 0 Å². The standard InChI is InChI=1S/C23H39N5O2/c1-4-20(27-11-5-6-12-27)17-25-23(24-2)26-18-22(28-13-15-30-16-14-28)19-7-9-21(29-3)10-8-19/h7-10,20,22H,4-6,11-18H2,1-3H3,(H2,24,25,26). The second kappa shape index (κ2) is 12.1. The number of nitrogens with one attached hydrogen (secondary N) is 2. The highest BCUT2D eigenvalue weighted by Crippen LogP contribution is 2.23. The van der Waals surface area contributed by atoms with Gasteiger partial charge in [0.15, 0.2) is 5.96 Å². The Labute approximate surface area is 181 Å². The molecule has 168 valence electrons. The Balaban J connectivity index is 1.59. The molecule has 0 saturated carbocycles. The number of nitrogens with zero attached hydrogens (tertiary/aromatic N) is 3. The van der Waals surface area contributed by atoms with E-state index in [2.05, 4.69) is 44.5 Å². The van der Waals surface area contributed by atoms with Crippen LogP contribution in [0.5, 0.6) is 5.75 Å². The molecule has 7 heteroatoms. The quantitative estimate of drug-likeness (QED) is 0.474. The van der Waals surface area contributed by atoms with E-state index in [4.69, 9.17) is 9.47 Å². The monoisotopic (exact) mass is 417 g/mol. The van der Waals surface area contributed by atoms with Crippen molar-refractivity contribution in [2.24, 2.45) is 4.99 Å². The Kier molecular flexibility index (Phi) is 9.24. The molecule has 2 atom stereocenters. The van der Waals surface area contributed by atoms with Crippen LogP contribution in [-0.2, 0) is 4.74 Å². The molecule has 3 rings (SSSR count). The van der Waals surface area contributed by atoms with Gasteiger partial charge in [0, 0.05) is 39.3 Å². The molecule has 30 heavy (non-hydrogen) atoms. The van der Waals surface area contributed by atoms with Crippen LogP contribution in [0, 0.1) is 0 Å². The molecule has 0 radical (unpaired) electrons. The fourth-order valence-corrected chi connectivity index (χ4v) is 4.44. The van der Waals surface area contributed by atoms with Gasteiger partial charge in [-0.1, -0.05) is 19.1 Å². The van der Waals surface area contributed by atoms with Crippen molar-refractivity contribution in [3.63, 3.8) is 0 Å². The van der Waals surface area contributed by atoms with Crippen molar-refractivity contribution in [2.45, 2.75) is 38.3 Å². The van der Waals surface area contributed by atoms with Crippen molar-refractivity contribution >= 4 is 5.96 Å². The summed E-state index contributed by atoms with van der Waals surface area (Å²) in [5.41, 5.74) is 1.28. The van der Waals surface area contributed by atoms with Crippen molar-refractivity contribution < 1.29 is 9.47 Å². The first-order valence-corrected chi connectivity index (χ1v) is 11.4. The minimum absolute atomic E-state index is 0.263. The zero-order valence-corrected chi connectivity index (χ0v) is 18.9. The van der Waals surface area contributed by atoms with Gasteiger partial charge in [-0.2, -0.15) is 0 Å². The van der Waals surface area contributed by atoms with Crippen LogP contribution in [0.3, 0.4) is 0 Å². The molecule has 7 nitrogen and oxygen atoms in total. The van der Waals surface area contributed by atoms with E-state index < -0.39 is 0 Å². The van der Waals surface area contributed by atoms with Gasteiger partial charge in [-0.3, -0.25) is 14.8 Å². The number of morpholine rings is 1. The Morgan fingerprint density at radius 3 is 2.30 bits per heavy atom. The first kappa shape index (κ1) is 22.8. The largest absolute Gasteiger partial charge is 0.497 e. The van der Waals surface area contributed by atoms with Crippen LogP contribution >= 0.6 is 0 Å². The van der Waals surface area contributed by atoms with Crippen LogP contribution < -0.4 is 15.4 Å². The van der Waals surface area contributed by atoms with Gasteiger partial charge in [-0.15, -0.1) is 0 Å². The smallest absolute Gasteiger partial charge is 0.191 e. The van der Waals surface area contributed by atoms with Crippen LogP contribution in [0.1, 0.15) is 37.8 Å². The highest BCUT2D eigenvalue weighted by molar-refractivity contribution is 5.79. The van der Waals surface area contributed by atoms with Crippen molar-refractivity contribution in [1.82, 2.24) is 20.4 Å². The number of guanidine groups is 1. The molecule has 2 fully saturated rings. The molecule has 1 aromatic rings. The topological polar surface area (TPSA) is 61.4 Å². The van der Waals surface area contributed by atoms with E-state index in [9.17, 15) is 0 Å². The molecule has 2 saturated heterocycles. The minimum Gasteiger partial charge on any atom is -0.497 e. The lowest BCUT2D eigenvalue weighted by molar-refractivity contribution is 0.0170. The van der Waals surface area contributed by atoms with Gasteiger partial charge in [-0.05, 0) is 50.0 Å². The molecular formula is C23H39N5O2. The Hall–Kier alpha value is -1.83. The van der Waals surface area contributed by atoms with Crippen molar-refractivity contribution in [1.29, 1.82) is 0 Å². The minimum atomic E-state index is 0.263. The molecule has 0 aliphatic carbocycles. The third-order valence-electron chi connectivity index (χ3n) is 6.31. The normalized spacial score (nSPS) is 20.7. The summed E-state index contributed by atoms with van der Waals surface area (Å²) in [6.45, 7) is 9.91.